The summed E-state index contributed by atoms with van der Waals surface area (Å²) in [5.41, 5.74) is 2.81. The number of aromatic carboxylic acids is 1. The van der Waals surface area contributed by atoms with Crippen molar-refractivity contribution in [3.8, 4) is 5.69 Å². The number of nitrogens with zero attached hydrogens (tertiary/aromatic N) is 2. The van der Waals surface area contributed by atoms with Crippen molar-refractivity contribution in [3.05, 3.63) is 47.0 Å². The molecule has 0 aliphatic heterocycles. The third-order valence-electron chi connectivity index (χ3n) is 4.46. The van der Waals surface area contributed by atoms with Crippen molar-refractivity contribution in [2.45, 2.75) is 31.1 Å². The average Bonchev–Trinajstić information content (AvgIpc) is 3.11. The Morgan fingerprint density at radius 2 is 1.95 bits per heavy atom. The summed E-state index contributed by atoms with van der Waals surface area (Å²) in [4.78, 5) is 11.4. The first-order valence-electron chi connectivity index (χ1n) is 6.77. The van der Waals surface area contributed by atoms with Crippen LogP contribution < -0.4 is 0 Å². The Morgan fingerprint density at radius 1 is 1.25 bits per heavy atom. The van der Waals surface area contributed by atoms with Crippen LogP contribution in [-0.2, 0) is 0 Å². The highest BCUT2D eigenvalue weighted by Gasteiger charge is 2.44. The maximum Gasteiger partial charge on any atom is 0.356 e. The van der Waals surface area contributed by atoms with Gasteiger partial charge in [-0.15, -0.1) is 0 Å². The molecular formula is C15H13FN2O2. The summed E-state index contributed by atoms with van der Waals surface area (Å²) in [7, 11) is 0. The van der Waals surface area contributed by atoms with E-state index in [1.54, 1.807) is 16.8 Å². The van der Waals surface area contributed by atoms with E-state index in [1.807, 2.05) is 0 Å². The second-order valence-corrected chi connectivity index (χ2v) is 5.55. The Balaban J connectivity index is 1.93. The van der Waals surface area contributed by atoms with Crippen LogP contribution in [0.1, 0.15) is 52.8 Å². The van der Waals surface area contributed by atoms with Crippen LogP contribution in [0.2, 0.25) is 0 Å². The highest BCUT2D eigenvalue weighted by Crippen LogP contribution is 2.54. The van der Waals surface area contributed by atoms with Crippen LogP contribution in [0.5, 0.6) is 0 Å². The van der Waals surface area contributed by atoms with E-state index in [0.717, 1.165) is 36.2 Å². The zero-order valence-corrected chi connectivity index (χ0v) is 10.7. The van der Waals surface area contributed by atoms with Crippen molar-refractivity contribution in [1.29, 1.82) is 0 Å². The second-order valence-electron chi connectivity index (χ2n) is 5.55. The van der Waals surface area contributed by atoms with Gasteiger partial charge in [0.25, 0.3) is 0 Å². The summed E-state index contributed by atoms with van der Waals surface area (Å²) in [5.74, 6) is -0.567. The molecule has 4 rings (SSSR count). The summed E-state index contributed by atoms with van der Waals surface area (Å²) in [6.07, 6.45) is 3.16. The summed E-state index contributed by atoms with van der Waals surface area (Å²) >= 11 is 0. The summed E-state index contributed by atoms with van der Waals surface area (Å²) in [5, 5.41) is 13.6. The first-order valence-corrected chi connectivity index (χ1v) is 6.77. The van der Waals surface area contributed by atoms with Crippen LogP contribution in [0.15, 0.2) is 24.3 Å². The van der Waals surface area contributed by atoms with E-state index in [9.17, 15) is 14.3 Å². The third kappa shape index (κ3) is 1.46. The molecule has 2 bridgehead atoms. The fraction of sp³-hybridized carbons (Fsp3) is 0.333. The van der Waals surface area contributed by atoms with Crippen molar-refractivity contribution in [3.63, 3.8) is 0 Å². The summed E-state index contributed by atoms with van der Waals surface area (Å²) in [6.45, 7) is 0. The molecule has 2 aliphatic rings. The molecule has 5 heteroatoms. The zero-order chi connectivity index (χ0) is 13.9. The molecule has 1 N–H and O–H groups in total. The van der Waals surface area contributed by atoms with E-state index in [1.165, 1.54) is 12.1 Å². The fourth-order valence-corrected chi connectivity index (χ4v) is 3.67. The molecule has 2 unspecified atom stereocenters. The van der Waals surface area contributed by atoms with Crippen LogP contribution in [0.4, 0.5) is 4.39 Å². The summed E-state index contributed by atoms with van der Waals surface area (Å²) in [6, 6.07) is 6.02. The number of hydrogen-bond acceptors (Lipinski definition) is 2. The number of carbonyl (C=O) groups is 1. The third-order valence-corrected chi connectivity index (χ3v) is 4.46. The van der Waals surface area contributed by atoms with E-state index < -0.39 is 5.97 Å². The van der Waals surface area contributed by atoms with E-state index >= 15 is 0 Å². The van der Waals surface area contributed by atoms with E-state index in [-0.39, 0.29) is 11.5 Å². The molecule has 4 nitrogen and oxygen atoms in total. The van der Waals surface area contributed by atoms with E-state index in [4.69, 9.17) is 0 Å². The minimum Gasteiger partial charge on any atom is -0.476 e. The van der Waals surface area contributed by atoms with Crippen molar-refractivity contribution < 1.29 is 14.3 Å². The van der Waals surface area contributed by atoms with Crippen LogP contribution in [0.25, 0.3) is 5.69 Å². The minimum atomic E-state index is -0.977. The Kier molecular flexibility index (Phi) is 2.28. The molecule has 2 aliphatic carbocycles. The molecule has 20 heavy (non-hydrogen) atoms. The molecule has 2 atom stereocenters. The van der Waals surface area contributed by atoms with Crippen molar-refractivity contribution in [2.75, 3.05) is 0 Å². The first-order chi connectivity index (χ1) is 9.65. The monoisotopic (exact) mass is 272 g/mol. The van der Waals surface area contributed by atoms with Gasteiger partial charge in [0.2, 0.25) is 0 Å². The minimum absolute atomic E-state index is 0.163. The van der Waals surface area contributed by atoms with E-state index in [2.05, 4.69) is 5.10 Å². The van der Waals surface area contributed by atoms with Gasteiger partial charge in [0.05, 0.1) is 11.4 Å². The van der Waals surface area contributed by atoms with Gasteiger partial charge in [0.1, 0.15) is 5.82 Å². The Hall–Kier alpha value is -2.17. The standard InChI is InChI=1S/C15H13FN2O2/c16-10-3-5-11(6-4-10)18-14-9-2-1-8(7-9)12(14)13(17-18)15(19)20/h3-6,8-9H,1-2,7H2,(H,19,20). The van der Waals surface area contributed by atoms with Crippen molar-refractivity contribution in [2.24, 2.45) is 0 Å². The van der Waals surface area contributed by atoms with Crippen molar-refractivity contribution >= 4 is 5.97 Å². The largest absolute Gasteiger partial charge is 0.476 e. The topological polar surface area (TPSA) is 55.1 Å². The molecule has 0 saturated heterocycles. The van der Waals surface area contributed by atoms with E-state index in [0.29, 0.717) is 11.8 Å². The van der Waals surface area contributed by atoms with Gasteiger partial charge in [-0.05, 0) is 49.4 Å². The lowest BCUT2D eigenvalue weighted by molar-refractivity contribution is 0.0688. The number of fused-ring (bicyclic) bond motifs is 5. The zero-order valence-electron chi connectivity index (χ0n) is 10.7. The first kappa shape index (κ1) is 11.6. The van der Waals surface area contributed by atoms with Crippen LogP contribution >= 0.6 is 0 Å². The predicted octanol–water partition coefficient (Wildman–Crippen LogP) is 3.07. The number of rotatable bonds is 2. The quantitative estimate of drug-likeness (QED) is 0.914. The number of carboxylic acid groups (broad SMARTS) is 1. The van der Waals surface area contributed by atoms with Crippen LogP contribution in [-0.4, -0.2) is 20.9 Å². The Bertz CT molecular complexity index is 705. The summed E-state index contributed by atoms with van der Waals surface area (Å²) < 4.78 is 14.7. The van der Waals surface area contributed by atoms with Gasteiger partial charge in [0.15, 0.2) is 5.69 Å². The highest BCUT2D eigenvalue weighted by molar-refractivity contribution is 5.88. The molecule has 2 aromatic rings. The van der Waals surface area contributed by atoms with Crippen LogP contribution in [0, 0.1) is 5.82 Å². The molecule has 1 aromatic heterocycles. The smallest absolute Gasteiger partial charge is 0.356 e. The Labute approximate surface area is 114 Å². The molecule has 0 spiro atoms. The highest BCUT2D eigenvalue weighted by atomic mass is 19.1. The van der Waals surface area contributed by atoms with Gasteiger partial charge >= 0.3 is 5.97 Å². The predicted molar refractivity (Wildman–Crippen MR) is 69.8 cm³/mol. The SMILES string of the molecule is O=C(O)c1nn(-c2ccc(F)cc2)c2c1C1CCC2C1. The maximum absolute atomic E-state index is 13.0. The van der Waals surface area contributed by atoms with Gasteiger partial charge in [-0.3, -0.25) is 0 Å². The second kappa shape index (κ2) is 3.91. The van der Waals surface area contributed by atoms with Gasteiger partial charge in [-0.2, -0.15) is 5.10 Å². The fourth-order valence-electron chi connectivity index (χ4n) is 3.67. The van der Waals surface area contributed by atoms with Crippen molar-refractivity contribution in [1.82, 2.24) is 9.78 Å². The average molecular weight is 272 g/mol. The normalized spacial score (nSPS) is 23.1. The Morgan fingerprint density at radius 3 is 2.65 bits per heavy atom. The van der Waals surface area contributed by atoms with Gasteiger partial charge in [-0.1, -0.05) is 0 Å². The van der Waals surface area contributed by atoms with Gasteiger partial charge in [0, 0.05) is 11.5 Å². The number of hydrogen-bond donors (Lipinski definition) is 1. The molecule has 0 radical (unpaired) electrons. The molecule has 102 valence electrons. The molecular weight excluding hydrogens is 259 g/mol. The van der Waals surface area contributed by atoms with Crippen LogP contribution in [0.3, 0.4) is 0 Å². The number of benzene rings is 1. The molecule has 1 heterocycles. The molecule has 0 amide bonds. The van der Waals surface area contributed by atoms with Gasteiger partial charge in [-0.25, -0.2) is 13.9 Å². The molecule has 1 fully saturated rings. The number of carboxylic acids is 1. The number of aromatic nitrogens is 2. The maximum atomic E-state index is 13.0. The number of halogens is 1. The lowest BCUT2D eigenvalue weighted by Crippen LogP contribution is -2.05. The molecule has 1 saturated carbocycles. The van der Waals surface area contributed by atoms with Gasteiger partial charge < -0.3 is 5.11 Å². The lowest BCUT2D eigenvalue weighted by atomic mass is 9.95. The lowest BCUT2D eigenvalue weighted by Gasteiger charge is -2.13. The molecule has 1 aromatic carbocycles.